The second-order valence-corrected chi connectivity index (χ2v) is 14.3. The van der Waals surface area contributed by atoms with E-state index in [-0.39, 0.29) is 38.8 Å². The summed E-state index contributed by atoms with van der Waals surface area (Å²) in [4.78, 5) is 0. The minimum atomic E-state index is -3.29. The predicted octanol–water partition coefficient (Wildman–Crippen LogP) is 7.88. The van der Waals surface area contributed by atoms with E-state index in [1.807, 2.05) is 36.4 Å². The Kier molecular flexibility index (Phi) is 8.43. The zero-order valence-corrected chi connectivity index (χ0v) is 23.1. The molecule has 35 heavy (non-hydrogen) atoms. The van der Waals surface area contributed by atoms with Gasteiger partial charge in [0.2, 0.25) is 0 Å². The summed E-state index contributed by atoms with van der Waals surface area (Å²) in [7, 11) is -6.59. The van der Waals surface area contributed by atoms with E-state index in [0.717, 1.165) is 24.0 Å². The lowest BCUT2D eigenvalue weighted by atomic mass is 9.93. The average Bonchev–Trinajstić information content (AvgIpc) is 2.87. The fourth-order valence-electron chi connectivity index (χ4n) is 4.62. The number of hydrogen-bond acceptors (Lipinski definition) is 6. The van der Waals surface area contributed by atoms with Gasteiger partial charge in [-0.3, -0.25) is 9.13 Å². The second-order valence-electron chi connectivity index (χ2n) is 10.1. The number of benzene rings is 2. The van der Waals surface area contributed by atoms with Gasteiger partial charge in [0.15, 0.2) is 0 Å². The van der Waals surface area contributed by atoms with E-state index in [9.17, 15) is 9.13 Å². The van der Waals surface area contributed by atoms with Gasteiger partial charge in [0.25, 0.3) is 0 Å². The largest absolute Gasteiger partial charge is 0.335 e. The van der Waals surface area contributed by atoms with Crippen molar-refractivity contribution in [3.63, 3.8) is 0 Å². The Morgan fingerprint density at radius 3 is 1.37 bits per heavy atom. The van der Waals surface area contributed by atoms with Crippen LogP contribution in [0.4, 0.5) is 0 Å². The van der Waals surface area contributed by atoms with Crippen molar-refractivity contribution in [2.75, 3.05) is 26.4 Å². The van der Waals surface area contributed by atoms with E-state index in [0.29, 0.717) is 11.8 Å². The molecule has 4 rings (SSSR count). The molecule has 2 unspecified atom stereocenters. The molecule has 2 saturated heterocycles. The van der Waals surface area contributed by atoms with E-state index >= 15 is 0 Å². The Morgan fingerprint density at radius 2 is 1.03 bits per heavy atom. The Bertz CT molecular complexity index is 1000. The maximum absolute atomic E-state index is 13.4. The van der Waals surface area contributed by atoms with E-state index in [2.05, 4.69) is 39.8 Å². The van der Waals surface area contributed by atoms with Gasteiger partial charge >= 0.3 is 15.2 Å². The van der Waals surface area contributed by atoms with Crippen LogP contribution in [0, 0.1) is 5.41 Å². The van der Waals surface area contributed by atoms with E-state index in [1.54, 1.807) is 0 Å². The molecule has 1 spiro atoms. The predicted molar refractivity (Wildman–Crippen MR) is 139 cm³/mol. The molecule has 0 aliphatic carbocycles. The topological polar surface area (TPSA) is 71.1 Å². The Morgan fingerprint density at radius 1 is 0.686 bits per heavy atom. The van der Waals surface area contributed by atoms with Crippen LogP contribution >= 0.6 is 15.2 Å². The zero-order chi connectivity index (χ0) is 25.1. The van der Waals surface area contributed by atoms with Crippen LogP contribution in [-0.4, -0.2) is 26.4 Å². The van der Waals surface area contributed by atoms with Crippen LogP contribution in [-0.2, 0) is 39.5 Å². The molecule has 0 bridgehead atoms. The summed E-state index contributed by atoms with van der Waals surface area (Å²) in [6.07, 6.45) is 2.50. The highest BCUT2D eigenvalue weighted by molar-refractivity contribution is 7.53. The quantitative estimate of drug-likeness (QED) is 0.330. The van der Waals surface area contributed by atoms with Gasteiger partial charge in [-0.2, -0.15) is 0 Å². The molecule has 2 aliphatic heterocycles. The summed E-state index contributed by atoms with van der Waals surface area (Å²) < 4.78 is 50.3. The van der Waals surface area contributed by atoms with Crippen molar-refractivity contribution in [2.24, 2.45) is 5.41 Å². The highest BCUT2D eigenvalue weighted by Crippen LogP contribution is 2.61. The van der Waals surface area contributed by atoms with Gasteiger partial charge in [0.1, 0.15) is 0 Å². The molecule has 2 aliphatic rings. The molecule has 0 saturated carbocycles. The van der Waals surface area contributed by atoms with Crippen molar-refractivity contribution in [2.45, 2.75) is 64.7 Å². The van der Waals surface area contributed by atoms with Crippen molar-refractivity contribution in [3.05, 3.63) is 70.8 Å². The molecule has 2 heterocycles. The van der Waals surface area contributed by atoms with Gasteiger partial charge < -0.3 is 18.1 Å². The molecular formula is C27H38O6P2. The number of hydrogen-bond donors (Lipinski definition) is 0. The summed E-state index contributed by atoms with van der Waals surface area (Å²) in [5, 5.41) is 0. The fourth-order valence-corrected chi connectivity index (χ4v) is 8.43. The van der Waals surface area contributed by atoms with Crippen LogP contribution in [0.5, 0.6) is 0 Å². The third-order valence-electron chi connectivity index (χ3n) is 7.39. The molecular weight excluding hydrogens is 482 g/mol. The van der Waals surface area contributed by atoms with Gasteiger partial charge in [-0.05, 0) is 46.9 Å². The molecule has 192 valence electrons. The fraction of sp³-hybridized carbons (Fsp3) is 0.556. The van der Waals surface area contributed by atoms with E-state index in [4.69, 9.17) is 18.1 Å². The van der Waals surface area contributed by atoms with E-state index in [1.165, 1.54) is 11.1 Å². The first-order chi connectivity index (χ1) is 16.7. The molecule has 2 fully saturated rings. The van der Waals surface area contributed by atoms with Crippen LogP contribution in [0.2, 0.25) is 0 Å². The number of rotatable bonds is 8. The molecule has 6 nitrogen and oxygen atoms in total. The van der Waals surface area contributed by atoms with Crippen LogP contribution in [0.3, 0.4) is 0 Å². The third-order valence-corrected chi connectivity index (χ3v) is 10.9. The zero-order valence-electron chi connectivity index (χ0n) is 21.3. The van der Waals surface area contributed by atoms with Crippen molar-refractivity contribution >= 4 is 15.2 Å². The first kappa shape index (κ1) is 26.8. The summed E-state index contributed by atoms with van der Waals surface area (Å²) in [5.41, 5.74) is 3.76. The lowest BCUT2D eigenvalue weighted by molar-refractivity contribution is -0.0690. The first-order valence-electron chi connectivity index (χ1n) is 12.6. The van der Waals surface area contributed by atoms with Gasteiger partial charge in [-0.15, -0.1) is 0 Å². The normalized spacial score (nSPS) is 30.7. The van der Waals surface area contributed by atoms with Crippen LogP contribution in [0.1, 0.15) is 74.6 Å². The molecule has 0 N–H and O–H groups in total. The summed E-state index contributed by atoms with van der Waals surface area (Å²) in [6.45, 7) is 9.40. The first-order valence-corrected chi connectivity index (χ1v) is 16.1. The van der Waals surface area contributed by atoms with Crippen molar-refractivity contribution in [1.82, 2.24) is 0 Å². The van der Waals surface area contributed by atoms with Crippen LogP contribution < -0.4 is 0 Å². The SMILES string of the molecule is CCC(C)c1ccccc1CP1(=O)OCC2(CO1)COP(=O)(Cc1ccccc1C(C)CC)OC2. The Balaban J connectivity index is 1.38. The van der Waals surface area contributed by atoms with Crippen molar-refractivity contribution in [1.29, 1.82) is 0 Å². The molecule has 2 aromatic carbocycles. The lowest BCUT2D eigenvalue weighted by Gasteiger charge is -2.43. The van der Waals surface area contributed by atoms with Gasteiger partial charge in [0.05, 0.1) is 44.2 Å². The van der Waals surface area contributed by atoms with Gasteiger partial charge in [-0.25, -0.2) is 0 Å². The third kappa shape index (κ3) is 6.18. The molecule has 2 atom stereocenters. The van der Waals surface area contributed by atoms with Gasteiger partial charge in [-0.1, -0.05) is 76.2 Å². The minimum Gasteiger partial charge on any atom is -0.307 e. The van der Waals surface area contributed by atoms with E-state index < -0.39 is 20.6 Å². The lowest BCUT2D eigenvalue weighted by Crippen LogP contribution is -2.45. The summed E-state index contributed by atoms with van der Waals surface area (Å²) >= 11 is 0. The highest BCUT2D eigenvalue weighted by Gasteiger charge is 2.48. The summed E-state index contributed by atoms with van der Waals surface area (Å²) in [6, 6.07) is 16.1. The molecule has 2 aromatic rings. The summed E-state index contributed by atoms with van der Waals surface area (Å²) in [5.74, 6) is 0.738. The van der Waals surface area contributed by atoms with Crippen molar-refractivity contribution in [3.8, 4) is 0 Å². The monoisotopic (exact) mass is 520 g/mol. The molecule has 0 radical (unpaired) electrons. The molecule has 0 amide bonds. The standard InChI is InChI=1S/C27H38O6P2/c1-5-21(3)25-13-9-7-11-23(25)15-34(28)30-17-27(18-31-34)19-32-35(29,33-20-27)16-24-12-8-10-14-26(24)22(4)6-2/h7-14,21-22H,5-6,15-20H2,1-4H3. The van der Waals surface area contributed by atoms with Crippen LogP contribution in [0.25, 0.3) is 0 Å². The van der Waals surface area contributed by atoms with Crippen LogP contribution in [0.15, 0.2) is 48.5 Å². The van der Waals surface area contributed by atoms with Crippen molar-refractivity contribution < 1.29 is 27.2 Å². The Hall–Kier alpha value is -1.26. The minimum absolute atomic E-state index is 0.194. The highest BCUT2D eigenvalue weighted by atomic mass is 31.2. The maximum Gasteiger partial charge on any atom is 0.335 e. The maximum atomic E-state index is 13.4. The molecule has 0 aromatic heterocycles. The second kappa shape index (κ2) is 11.0. The smallest absolute Gasteiger partial charge is 0.307 e. The Labute approximate surface area is 209 Å². The molecule has 8 heteroatoms. The van der Waals surface area contributed by atoms with Gasteiger partial charge in [0, 0.05) is 0 Å². The average molecular weight is 521 g/mol.